The number of rotatable bonds is 8. The van der Waals surface area contributed by atoms with Crippen LogP contribution >= 0.6 is 11.6 Å². The first kappa shape index (κ1) is 23.2. The van der Waals surface area contributed by atoms with Crippen LogP contribution in [0.5, 0.6) is 0 Å². The minimum atomic E-state index is -0.751. The summed E-state index contributed by atoms with van der Waals surface area (Å²) in [6.45, 7) is 6.70. The number of aromatic nitrogens is 2. The third-order valence-electron chi connectivity index (χ3n) is 5.51. The van der Waals surface area contributed by atoms with Crippen LogP contribution in [-0.4, -0.2) is 45.0 Å². The first-order chi connectivity index (χ1) is 16.3. The van der Waals surface area contributed by atoms with Crippen LogP contribution in [0.3, 0.4) is 0 Å². The van der Waals surface area contributed by atoms with E-state index in [0.29, 0.717) is 16.6 Å². The minimum Gasteiger partial charge on any atom is -0.364 e. The molecule has 34 heavy (non-hydrogen) atoms. The number of benzene rings is 2. The molecule has 9 nitrogen and oxygen atoms in total. The van der Waals surface area contributed by atoms with Crippen molar-refractivity contribution in [2.75, 3.05) is 6.54 Å². The third kappa shape index (κ3) is 4.84. The van der Waals surface area contributed by atoms with Crippen LogP contribution in [0.15, 0.2) is 36.4 Å². The monoisotopic (exact) mass is 482 g/mol. The first-order valence-electron chi connectivity index (χ1n) is 10.5. The van der Waals surface area contributed by atoms with Gasteiger partial charge >= 0.3 is 0 Å². The van der Waals surface area contributed by atoms with E-state index in [1.54, 1.807) is 18.2 Å². The van der Waals surface area contributed by atoms with Crippen molar-refractivity contribution >= 4 is 45.9 Å². The Hall–Kier alpha value is -3.97. The molecule has 1 heterocycles. The summed E-state index contributed by atoms with van der Waals surface area (Å²) in [6, 6.07) is 9.07. The molecule has 2 aromatic carbocycles. The van der Waals surface area contributed by atoms with Gasteiger partial charge in [-0.25, -0.2) is 9.24 Å². The summed E-state index contributed by atoms with van der Waals surface area (Å²) >= 11 is 5.77. The van der Waals surface area contributed by atoms with Gasteiger partial charge in [0.25, 0.3) is 5.91 Å². The summed E-state index contributed by atoms with van der Waals surface area (Å²) in [5, 5.41) is 7.19. The van der Waals surface area contributed by atoms with Crippen LogP contribution < -0.4 is 11.1 Å². The maximum absolute atomic E-state index is 14.1. The van der Waals surface area contributed by atoms with Crippen molar-refractivity contribution in [3.63, 3.8) is 0 Å². The lowest BCUT2D eigenvalue weighted by molar-refractivity contribution is -0.137. The van der Waals surface area contributed by atoms with Crippen LogP contribution in [0, 0.1) is 12.4 Å². The standard InChI is InChI=1S/C23H20ClFN6O3/c1-27-14-5-8-16-18(9-14)31(29-22(16)23(26)34)12-20(33)30(15-6-7-15)11-19(32)28-10-13-3-2-4-17(24)21(13)25/h2-5,8-9,15H,6-7,10-12H2,(H2,26,34)(H,28,32). The van der Waals surface area contributed by atoms with Crippen molar-refractivity contribution in [3.8, 4) is 0 Å². The summed E-state index contributed by atoms with van der Waals surface area (Å²) < 4.78 is 15.4. The van der Waals surface area contributed by atoms with Crippen molar-refractivity contribution in [3.05, 3.63) is 69.9 Å². The van der Waals surface area contributed by atoms with E-state index < -0.39 is 17.6 Å². The van der Waals surface area contributed by atoms with Gasteiger partial charge in [-0.15, -0.1) is 0 Å². The van der Waals surface area contributed by atoms with Crippen LogP contribution in [0.1, 0.15) is 28.9 Å². The Kier molecular flexibility index (Phi) is 6.47. The fourth-order valence-electron chi connectivity index (χ4n) is 3.65. The maximum atomic E-state index is 14.1. The first-order valence-corrected chi connectivity index (χ1v) is 10.8. The summed E-state index contributed by atoms with van der Waals surface area (Å²) in [4.78, 5) is 42.3. The zero-order chi connectivity index (χ0) is 24.4. The van der Waals surface area contributed by atoms with E-state index in [0.717, 1.165) is 12.8 Å². The number of carbonyl (C=O) groups excluding carboxylic acids is 3. The Labute approximate surface area is 199 Å². The number of nitrogens with one attached hydrogen (secondary N) is 1. The Morgan fingerprint density at radius 2 is 2.06 bits per heavy atom. The van der Waals surface area contributed by atoms with Crippen molar-refractivity contribution in [2.45, 2.75) is 32.0 Å². The molecule has 4 rings (SSSR count). The Morgan fingerprint density at radius 3 is 2.74 bits per heavy atom. The summed E-state index contributed by atoms with van der Waals surface area (Å²) in [5.74, 6) is -2.18. The Balaban J connectivity index is 1.49. The number of halogens is 2. The number of amides is 3. The topological polar surface area (TPSA) is 115 Å². The summed E-state index contributed by atoms with van der Waals surface area (Å²) in [5.41, 5.74) is 6.40. The molecule has 0 aliphatic heterocycles. The molecule has 0 radical (unpaired) electrons. The molecule has 1 fully saturated rings. The van der Waals surface area contributed by atoms with E-state index in [1.807, 2.05) is 0 Å². The number of fused-ring (bicyclic) bond motifs is 1. The average Bonchev–Trinajstić information content (AvgIpc) is 3.59. The molecule has 0 bridgehead atoms. The predicted octanol–water partition coefficient (Wildman–Crippen LogP) is 2.79. The van der Waals surface area contributed by atoms with Gasteiger partial charge in [-0.1, -0.05) is 35.9 Å². The highest BCUT2D eigenvalue weighted by atomic mass is 35.5. The number of primary amides is 1. The zero-order valence-electron chi connectivity index (χ0n) is 17.9. The zero-order valence-corrected chi connectivity index (χ0v) is 18.7. The van der Waals surface area contributed by atoms with Gasteiger partial charge in [0.05, 0.1) is 23.7 Å². The maximum Gasteiger partial charge on any atom is 0.269 e. The second kappa shape index (κ2) is 9.49. The molecule has 1 aromatic heterocycles. The fourth-order valence-corrected chi connectivity index (χ4v) is 3.84. The van der Waals surface area contributed by atoms with Gasteiger partial charge in [-0.3, -0.25) is 19.1 Å². The van der Waals surface area contributed by atoms with Gasteiger partial charge in [-0.2, -0.15) is 5.10 Å². The Morgan fingerprint density at radius 1 is 1.29 bits per heavy atom. The second-order valence-corrected chi connectivity index (χ2v) is 8.33. The van der Waals surface area contributed by atoms with E-state index in [2.05, 4.69) is 15.3 Å². The third-order valence-corrected chi connectivity index (χ3v) is 5.80. The minimum absolute atomic E-state index is 0.00130. The van der Waals surface area contributed by atoms with E-state index in [1.165, 1.54) is 27.8 Å². The van der Waals surface area contributed by atoms with Crippen LogP contribution in [-0.2, 0) is 22.7 Å². The van der Waals surface area contributed by atoms with Crippen LogP contribution in [0.4, 0.5) is 10.1 Å². The normalized spacial score (nSPS) is 12.9. The molecule has 3 amide bonds. The number of hydrogen-bond donors (Lipinski definition) is 2. The van der Waals surface area contributed by atoms with Gasteiger partial charge in [0.1, 0.15) is 12.4 Å². The van der Waals surface area contributed by atoms with Crippen LogP contribution in [0.2, 0.25) is 5.02 Å². The highest BCUT2D eigenvalue weighted by molar-refractivity contribution is 6.30. The molecule has 0 unspecified atom stereocenters. The Bertz CT molecular complexity index is 1340. The number of hydrogen-bond acceptors (Lipinski definition) is 4. The van der Waals surface area contributed by atoms with Crippen molar-refractivity contribution in [1.29, 1.82) is 0 Å². The molecule has 3 N–H and O–H groups in total. The molecule has 174 valence electrons. The smallest absolute Gasteiger partial charge is 0.269 e. The largest absolute Gasteiger partial charge is 0.364 e. The van der Waals surface area contributed by atoms with Crippen molar-refractivity contribution in [2.24, 2.45) is 5.73 Å². The lowest BCUT2D eigenvalue weighted by atomic mass is 10.2. The van der Waals surface area contributed by atoms with Gasteiger partial charge in [0.15, 0.2) is 11.4 Å². The molecule has 0 saturated heterocycles. The fraction of sp³-hybridized carbons (Fsp3) is 0.261. The quantitative estimate of drug-likeness (QED) is 0.480. The lowest BCUT2D eigenvalue weighted by Gasteiger charge is -2.22. The van der Waals surface area contributed by atoms with Gasteiger partial charge in [0.2, 0.25) is 11.8 Å². The molecule has 1 saturated carbocycles. The SMILES string of the molecule is [C-]#[N+]c1ccc2c(C(N)=O)nn(CC(=O)N(CC(=O)NCc3cccc(Cl)c3F)C3CC3)c2c1. The molecular weight excluding hydrogens is 463 g/mol. The predicted molar refractivity (Wildman–Crippen MR) is 123 cm³/mol. The molecule has 0 atom stereocenters. The summed E-state index contributed by atoms with van der Waals surface area (Å²) in [6.07, 6.45) is 1.52. The number of nitrogens with two attached hydrogens (primary N) is 1. The second-order valence-electron chi connectivity index (χ2n) is 7.93. The molecule has 11 heteroatoms. The molecule has 1 aliphatic rings. The lowest BCUT2D eigenvalue weighted by Crippen LogP contribution is -2.43. The van der Waals surface area contributed by atoms with Gasteiger partial charge in [0, 0.05) is 23.5 Å². The van der Waals surface area contributed by atoms with Crippen molar-refractivity contribution in [1.82, 2.24) is 20.0 Å². The van der Waals surface area contributed by atoms with E-state index in [9.17, 15) is 18.8 Å². The highest BCUT2D eigenvalue weighted by Gasteiger charge is 2.34. The van der Waals surface area contributed by atoms with Gasteiger partial charge < -0.3 is 16.0 Å². The van der Waals surface area contributed by atoms with Crippen molar-refractivity contribution < 1.29 is 18.8 Å². The number of nitrogens with zero attached hydrogens (tertiary/aromatic N) is 4. The molecule has 3 aromatic rings. The van der Waals surface area contributed by atoms with E-state index in [4.69, 9.17) is 23.9 Å². The highest BCUT2D eigenvalue weighted by Crippen LogP contribution is 2.28. The molecule has 1 aliphatic carbocycles. The van der Waals surface area contributed by atoms with Crippen LogP contribution in [0.25, 0.3) is 15.7 Å². The summed E-state index contributed by atoms with van der Waals surface area (Å²) in [7, 11) is 0. The molecule has 0 spiro atoms. The molecular formula is C23H20ClFN6O3. The number of carbonyl (C=O) groups is 3. The van der Waals surface area contributed by atoms with E-state index >= 15 is 0 Å². The average molecular weight is 483 g/mol. The van der Waals surface area contributed by atoms with E-state index in [-0.39, 0.29) is 47.9 Å². The van der Waals surface area contributed by atoms with Gasteiger partial charge in [-0.05, 0) is 25.0 Å².